The fraction of sp³-hybridized carbons (Fsp3) is 0.227. The zero-order chi connectivity index (χ0) is 18.8. The molecular formula is C22H22N2O3. The second kappa shape index (κ2) is 7.19. The number of rotatable bonds is 4. The third kappa shape index (κ3) is 3.40. The molecule has 0 aliphatic carbocycles. The van der Waals surface area contributed by atoms with Gasteiger partial charge < -0.3 is 19.4 Å². The molecular weight excluding hydrogens is 340 g/mol. The molecule has 0 radical (unpaired) electrons. The number of H-pyrrole nitrogens is 1. The number of carbonyl (C=O) groups is 1. The Labute approximate surface area is 158 Å². The van der Waals surface area contributed by atoms with Crippen LogP contribution in [0.1, 0.15) is 16.8 Å². The standard InChI is InChI=1S/C22H22N2O3/c1-26-16-11-15(12-17(13-16)27-2)7-8-22(25)24-10-9-21-19(14-24)18-5-3-4-6-20(18)23-21/h3-8,11-13,23H,9-10,14H2,1-2H3. The Bertz CT molecular complexity index is 997. The van der Waals surface area contributed by atoms with Crippen molar-refractivity contribution < 1.29 is 14.3 Å². The number of aromatic nitrogens is 1. The third-order valence-electron chi connectivity index (χ3n) is 4.99. The predicted molar refractivity (Wildman–Crippen MR) is 106 cm³/mol. The van der Waals surface area contributed by atoms with Crippen molar-refractivity contribution >= 4 is 22.9 Å². The Morgan fingerprint density at radius 3 is 2.59 bits per heavy atom. The Kier molecular flexibility index (Phi) is 4.59. The number of aromatic amines is 1. The molecule has 0 fully saturated rings. The Hall–Kier alpha value is -3.21. The molecule has 1 aromatic heterocycles. The first-order valence-electron chi connectivity index (χ1n) is 8.96. The smallest absolute Gasteiger partial charge is 0.246 e. The highest BCUT2D eigenvalue weighted by molar-refractivity contribution is 5.93. The lowest BCUT2D eigenvalue weighted by atomic mass is 10.0. The summed E-state index contributed by atoms with van der Waals surface area (Å²) in [6, 6.07) is 13.8. The maximum Gasteiger partial charge on any atom is 0.246 e. The summed E-state index contributed by atoms with van der Waals surface area (Å²) in [4.78, 5) is 18.1. The number of nitrogens with zero attached hydrogens (tertiary/aromatic N) is 1. The van der Waals surface area contributed by atoms with Gasteiger partial charge in [-0.3, -0.25) is 4.79 Å². The number of ether oxygens (including phenoxy) is 2. The fourth-order valence-corrected chi connectivity index (χ4v) is 3.55. The van der Waals surface area contributed by atoms with Gasteiger partial charge in [-0.05, 0) is 29.8 Å². The third-order valence-corrected chi connectivity index (χ3v) is 4.99. The molecule has 0 unspecified atom stereocenters. The van der Waals surface area contributed by atoms with Crippen LogP contribution < -0.4 is 9.47 Å². The van der Waals surface area contributed by atoms with Gasteiger partial charge in [0, 0.05) is 53.8 Å². The van der Waals surface area contributed by atoms with Crippen molar-refractivity contribution in [2.24, 2.45) is 0 Å². The Morgan fingerprint density at radius 2 is 1.85 bits per heavy atom. The molecule has 2 heterocycles. The van der Waals surface area contributed by atoms with E-state index < -0.39 is 0 Å². The number of fused-ring (bicyclic) bond motifs is 3. The zero-order valence-electron chi connectivity index (χ0n) is 15.5. The van der Waals surface area contributed by atoms with Crippen LogP contribution in [-0.2, 0) is 17.8 Å². The van der Waals surface area contributed by atoms with Gasteiger partial charge in [-0.1, -0.05) is 18.2 Å². The summed E-state index contributed by atoms with van der Waals surface area (Å²) >= 11 is 0. The average molecular weight is 362 g/mol. The Balaban J connectivity index is 1.53. The highest BCUT2D eigenvalue weighted by Crippen LogP contribution is 2.28. The predicted octanol–water partition coefficient (Wildman–Crippen LogP) is 3.78. The monoisotopic (exact) mass is 362 g/mol. The molecule has 3 aromatic rings. The van der Waals surface area contributed by atoms with Gasteiger partial charge >= 0.3 is 0 Å². The van der Waals surface area contributed by atoms with Crippen LogP contribution in [0.15, 0.2) is 48.5 Å². The van der Waals surface area contributed by atoms with Gasteiger partial charge in [-0.15, -0.1) is 0 Å². The zero-order valence-corrected chi connectivity index (χ0v) is 15.5. The van der Waals surface area contributed by atoms with Gasteiger partial charge in [0.2, 0.25) is 5.91 Å². The van der Waals surface area contributed by atoms with E-state index in [1.807, 2.05) is 35.2 Å². The van der Waals surface area contributed by atoms with E-state index in [1.54, 1.807) is 26.4 Å². The van der Waals surface area contributed by atoms with Crippen molar-refractivity contribution in [2.75, 3.05) is 20.8 Å². The molecule has 5 heteroatoms. The topological polar surface area (TPSA) is 54.6 Å². The van der Waals surface area contributed by atoms with E-state index in [-0.39, 0.29) is 5.91 Å². The molecule has 0 saturated heterocycles. The van der Waals surface area contributed by atoms with Gasteiger partial charge in [-0.2, -0.15) is 0 Å². The lowest BCUT2D eigenvalue weighted by molar-refractivity contribution is -0.126. The van der Waals surface area contributed by atoms with Crippen molar-refractivity contribution in [3.8, 4) is 11.5 Å². The second-order valence-electron chi connectivity index (χ2n) is 6.62. The summed E-state index contributed by atoms with van der Waals surface area (Å²) in [6.45, 7) is 1.34. The second-order valence-corrected chi connectivity index (χ2v) is 6.62. The number of hydrogen-bond acceptors (Lipinski definition) is 3. The van der Waals surface area contributed by atoms with Gasteiger partial charge in [0.15, 0.2) is 0 Å². The van der Waals surface area contributed by atoms with E-state index in [1.165, 1.54) is 16.6 Å². The van der Waals surface area contributed by atoms with Gasteiger partial charge in [0.1, 0.15) is 11.5 Å². The van der Waals surface area contributed by atoms with Gasteiger partial charge in [0.05, 0.1) is 14.2 Å². The molecule has 2 aromatic carbocycles. The highest BCUT2D eigenvalue weighted by atomic mass is 16.5. The number of nitrogens with one attached hydrogen (secondary N) is 1. The van der Waals surface area contributed by atoms with Crippen molar-refractivity contribution in [1.29, 1.82) is 0 Å². The maximum atomic E-state index is 12.7. The van der Waals surface area contributed by atoms with Crippen LogP contribution in [0.5, 0.6) is 11.5 Å². The van der Waals surface area contributed by atoms with Crippen LogP contribution in [0.25, 0.3) is 17.0 Å². The van der Waals surface area contributed by atoms with E-state index in [0.717, 1.165) is 17.5 Å². The van der Waals surface area contributed by atoms with E-state index in [4.69, 9.17) is 9.47 Å². The number of hydrogen-bond donors (Lipinski definition) is 1. The van der Waals surface area contributed by atoms with Crippen molar-refractivity contribution in [3.63, 3.8) is 0 Å². The number of amides is 1. The van der Waals surface area contributed by atoms with Crippen LogP contribution in [-0.4, -0.2) is 36.6 Å². The molecule has 0 bridgehead atoms. The molecule has 1 amide bonds. The van der Waals surface area contributed by atoms with E-state index >= 15 is 0 Å². The van der Waals surface area contributed by atoms with Crippen LogP contribution >= 0.6 is 0 Å². The van der Waals surface area contributed by atoms with Crippen molar-refractivity contribution in [3.05, 3.63) is 65.4 Å². The first kappa shape index (κ1) is 17.2. The van der Waals surface area contributed by atoms with E-state index in [2.05, 4.69) is 17.1 Å². The quantitative estimate of drug-likeness (QED) is 0.719. The molecule has 138 valence electrons. The first-order chi connectivity index (χ1) is 13.2. The molecule has 4 rings (SSSR count). The SMILES string of the molecule is COc1cc(C=CC(=O)N2CCc3[nH]c4ccccc4c3C2)cc(OC)c1. The summed E-state index contributed by atoms with van der Waals surface area (Å²) in [7, 11) is 3.22. The van der Waals surface area contributed by atoms with E-state index in [9.17, 15) is 4.79 Å². The highest BCUT2D eigenvalue weighted by Gasteiger charge is 2.22. The largest absolute Gasteiger partial charge is 0.497 e. The summed E-state index contributed by atoms with van der Waals surface area (Å²) in [5.41, 5.74) is 4.46. The molecule has 1 aliphatic rings. The summed E-state index contributed by atoms with van der Waals surface area (Å²) in [6.07, 6.45) is 4.27. The lowest BCUT2D eigenvalue weighted by Crippen LogP contribution is -2.34. The van der Waals surface area contributed by atoms with Crippen LogP contribution in [0.3, 0.4) is 0 Å². The molecule has 1 aliphatic heterocycles. The average Bonchev–Trinajstić information content (AvgIpc) is 3.09. The number of methoxy groups -OCH3 is 2. The fourth-order valence-electron chi connectivity index (χ4n) is 3.55. The normalized spacial score (nSPS) is 13.8. The number of carbonyl (C=O) groups excluding carboxylic acids is 1. The van der Waals surface area contributed by atoms with Crippen LogP contribution in [0.4, 0.5) is 0 Å². The first-order valence-corrected chi connectivity index (χ1v) is 8.96. The van der Waals surface area contributed by atoms with Crippen LogP contribution in [0.2, 0.25) is 0 Å². The van der Waals surface area contributed by atoms with Crippen LogP contribution in [0, 0.1) is 0 Å². The number of para-hydroxylation sites is 1. The molecule has 0 atom stereocenters. The number of benzene rings is 2. The van der Waals surface area contributed by atoms with Crippen molar-refractivity contribution in [1.82, 2.24) is 9.88 Å². The minimum absolute atomic E-state index is 0.00715. The van der Waals surface area contributed by atoms with Crippen molar-refractivity contribution in [2.45, 2.75) is 13.0 Å². The summed E-state index contributed by atoms with van der Waals surface area (Å²) < 4.78 is 10.6. The summed E-state index contributed by atoms with van der Waals surface area (Å²) in [5.74, 6) is 1.40. The Morgan fingerprint density at radius 1 is 1.11 bits per heavy atom. The molecule has 27 heavy (non-hydrogen) atoms. The lowest BCUT2D eigenvalue weighted by Gasteiger charge is -2.26. The molecule has 5 nitrogen and oxygen atoms in total. The van der Waals surface area contributed by atoms with E-state index in [0.29, 0.717) is 24.6 Å². The maximum absolute atomic E-state index is 12.7. The molecule has 0 spiro atoms. The van der Waals surface area contributed by atoms with Gasteiger partial charge in [0.25, 0.3) is 0 Å². The molecule has 0 saturated carbocycles. The summed E-state index contributed by atoms with van der Waals surface area (Å²) in [5, 5.41) is 1.20. The minimum Gasteiger partial charge on any atom is -0.497 e. The molecule has 1 N–H and O–H groups in total. The van der Waals surface area contributed by atoms with Gasteiger partial charge in [-0.25, -0.2) is 0 Å². The minimum atomic E-state index is 0.00715.